The van der Waals surface area contributed by atoms with E-state index in [-0.39, 0.29) is 0 Å². The molecule has 0 aliphatic rings. The Morgan fingerprint density at radius 1 is 1.38 bits per heavy atom. The summed E-state index contributed by atoms with van der Waals surface area (Å²) in [5.74, 6) is 0.425. The maximum Gasteiger partial charge on any atom is 0.122 e. The average molecular weight is 212 g/mol. The summed E-state index contributed by atoms with van der Waals surface area (Å²) in [5.41, 5.74) is 4.28. The second kappa shape index (κ2) is 4.02. The van der Waals surface area contributed by atoms with Gasteiger partial charge in [-0.05, 0) is 25.0 Å². The largest absolute Gasteiger partial charge is 0.354 e. The van der Waals surface area contributed by atoms with Crippen LogP contribution in [0.25, 0.3) is 11.3 Å². The summed E-state index contributed by atoms with van der Waals surface area (Å²) in [4.78, 5) is 4.60. The molecule has 0 amide bonds. The Kier molecular flexibility index (Phi) is 2.70. The zero-order valence-corrected chi connectivity index (χ0v) is 10.2. The van der Waals surface area contributed by atoms with Gasteiger partial charge in [0.1, 0.15) is 5.69 Å². The van der Waals surface area contributed by atoms with Gasteiger partial charge in [0.15, 0.2) is 0 Å². The molecule has 0 bridgehead atoms. The van der Waals surface area contributed by atoms with Crippen molar-refractivity contribution < 1.29 is 0 Å². The Hall–Kier alpha value is -1.75. The Morgan fingerprint density at radius 3 is 2.69 bits per heavy atom. The summed E-state index contributed by atoms with van der Waals surface area (Å²) in [7, 11) is 2.04. The number of rotatable bonds is 2. The molecule has 0 radical (unpaired) electrons. The molecule has 16 heavy (non-hydrogen) atoms. The van der Waals surface area contributed by atoms with E-state index in [4.69, 9.17) is 0 Å². The van der Waals surface area contributed by atoms with Gasteiger partial charge < -0.3 is 4.57 Å². The lowest BCUT2D eigenvalue weighted by Crippen LogP contribution is -1.92. The van der Waals surface area contributed by atoms with Crippen LogP contribution in [0.1, 0.15) is 31.2 Å². The molecule has 2 heteroatoms. The van der Waals surface area contributed by atoms with Crippen LogP contribution in [0.3, 0.4) is 0 Å². The lowest BCUT2D eigenvalue weighted by atomic mass is 10.1. The molecule has 2 heterocycles. The van der Waals surface area contributed by atoms with E-state index in [1.54, 1.807) is 0 Å². The first-order valence-corrected chi connectivity index (χ1v) is 5.51. The molecule has 0 aliphatic heterocycles. The summed E-state index contributed by atoms with van der Waals surface area (Å²) >= 11 is 0. The number of hydrogen-bond acceptors (Lipinski definition) is 1. The first-order chi connectivity index (χ1) is 7.58. The van der Waals surface area contributed by atoms with Gasteiger partial charge >= 0.3 is 0 Å². The number of aryl methyl sites for hydroxylation is 2. The van der Waals surface area contributed by atoms with Crippen molar-refractivity contribution in [1.82, 2.24) is 9.55 Å². The van der Waals surface area contributed by atoms with E-state index in [0.717, 1.165) is 17.0 Å². The van der Waals surface area contributed by atoms with E-state index < -0.39 is 0 Å². The monoisotopic (exact) mass is 212 g/mol. The van der Waals surface area contributed by atoms with Crippen molar-refractivity contribution in [3.63, 3.8) is 0 Å². The van der Waals surface area contributed by atoms with Crippen LogP contribution in [0.15, 0.2) is 18.3 Å². The molecule has 2 rings (SSSR count). The van der Waals surface area contributed by atoms with Crippen molar-refractivity contribution in [3.8, 4) is 11.3 Å². The first-order valence-electron chi connectivity index (χ1n) is 5.51. The molecule has 0 saturated carbocycles. The van der Waals surface area contributed by atoms with E-state index in [1.807, 2.05) is 13.1 Å². The summed E-state index contributed by atoms with van der Waals surface area (Å²) in [6.07, 6.45) is 2.08. The molecule has 0 aliphatic carbocycles. The minimum Gasteiger partial charge on any atom is -0.354 e. The van der Waals surface area contributed by atoms with Gasteiger partial charge in [-0.2, -0.15) is 0 Å². The van der Waals surface area contributed by atoms with Gasteiger partial charge in [0.05, 0.1) is 5.69 Å². The summed E-state index contributed by atoms with van der Waals surface area (Å²) in [6.45, 7) is 6.35. The molecule has 0 atom stereocenters. The number of nitrogens with zero attached hydrogens (tertiary/aromatic N) is 2. The third-order valence-electron chi connectivity index (χ3n) is 2.77. The normalized spacial score (nSPS) is 10.6. The molecule has 0 fully saturated rings. The van der Waals surface area contributed by atoms with E-state index in [1.165, 1.54) is 5.69 Å². The molecular formula is C14H16N2. The number of hydrogen-bond donors (Lipinski definition) is 0. The lowest BCUT2D eigenvalue weighted by molar-refractivity contribution is 0.825. The molecule has 0 spiro atoms. The highest BCUT2D eigenvalue weighted by Gasteiger charge is 2.06. The van der Waals surface area contributed by atoms with Crippen LogP contribution >= 0.6 is 0 Å². The fourth-order valence-corrected chi connectivity index (χ4v) is 1.60. The molecule has 2 aromatic rings. The smallest absolute Gasteiger partial charge is 0.122 e. The van der Waals surface area contributed by atoms with Crippen LogP contribution in [-0.4, -0.2) is 9.55 Å². The lowest BCUT2D eigenvalue weighted by Gasteiger charge is -2.02. The molecule has 2 aromatic heterocycles. The molecule has 0 N–H and O–H groups in total. The van der Waals surface area contributed by atoms with E-state index in [9.17, 15) is 0 Å². The highest BCUT2D eigenvalue weighted by atomic mass is 14.9. The summed E-state index contributed by atoms with van der Waals surface area (Å²) in [6, 6.07) is 10.1. The fraction of sp³-hybridized carbons (Fsp3) is 0.357. The fourth-order valence-electron chi connectivity index (χ4n) is 1.60. The van der Waals surface area contributed by atoms with Crippen LogP contribution in [-0.2, 0) is 7.05 Å². The summed E-state index contributed by atoms with van der Waals surface area (Å²) < 4.78 is 2.09. The average Bonchev–Trinajstić information content (AvgIpc) is 2.59. The van der Waals surface area contributed by atoms with Gasteiger partial charge in [0, 0.05) is 30.6 Å². The zero-order chi connectivity index (χ0) is 11.7. The third kappa shape index (κ3) is 1.94. The molecule has 0 aromatic carbocycles. The van der Waals surface area contributed by atoms with Gasteiger partial charge in [-0.1, -0.05) is 19.9 Å². The van der Waals surface area contributed by atoms with E-state index in [0.29, 0.717) is 5.92 Å². The predicted octanol–water partition coefficient (Wildman–Crippen LogP) is 3.12. The molecular weight excluding hydrogens is 196 g/mol. The molecule has 0 unspecified atom stereocenters. The zero-order valence-electron chi connectivity index (χ0n) is 10.2. The topological polar surface area (TPSA) is 17.8 Å². The van der Waals surface area contributed by atoms with E-state index >= 15 is 0 Å². The van der Waals surface area contributed by atoms with Crippen molar-refractivity contribution in [1.29, 1.82) is 0 Å². The highest BCUT2D eigenvalue weighted by Crippen LogP contribution is 2.19. The molecule has 82 valence electrons. The van der Waals surface area contributed by atoms with Crippen LogP contribution < -0.4 is 0 Å². The van der Waals surface area contributed by atoms with Gasteiger partial charge in [-0.25, -0.2) is 4.98 Å². The Labute approximate surface area is 97.0 Å². The van der Waals surface area contributed by atoms with Gasteiger partial charge in [0.2, 0.25) is 0 Å². The van der Waals surface area contributed by atoms with Gasteiger partial charge in [-0.3, -0.25) is 0 Å². The minimum atomic E-state index is 0.425. The number of aromatic nitrogens is 2. The SMILES string of the molecule is Cc1cc(-c2c#ccc(C(C)C)n2)cn1C. The van der Waals surface area contributed by atoms with Crippen LogP contribution in [0.2, 0.25) is 0 Å². The van der Waals surface area contributed by atoms with Crippen molar-refractivity contribution in [3.05, 3.63) is 41.9 Å². The Balaban J connectivity index is 2.44. The predicted molar refractivity (Wildman–Crippen MR) is 65.1 cm³/mol. The maximum absolute atomic E-state index is 4.60. The quantitative estimate of drug-likeness (QED) is 0.748. The van der Waals surface area contributed by atoms with Crippen molar-refractivity contribution >= 4 is 0 Å². The molecule has 2 nitrogen and oxygen atoms in total. The van der Waals surface area contributed by atoms with E-state index in [2.05, 4.69) is 54.7 Å². The third-order valence-corrected chi connectivity index (χ3v) is 2.77. The Bertz CT molecular complexity index is 476. The molecule has 0 saturated heterocycles. The maximum atomic E-state index is 4.60. The van der Waals surface area contributed by atoms with Gasteiger partial charge in [0.25, 0.3) is 0 Å². The second-order valence-electron chi connectivity index (χ2n) is 4.43. The first kappa shape index (κ1) is 10.8. The Morgan fingerprint density at radius 2 is 2.12 bits per heavy atom. The van der Waals surface area contributed by atoms with Crippen LogP contribution in [0.5, 0.6) is 0 Å². The van der Waals surface area contributed by atoms with Gasteiger partial charge in [-0.15, -0.1) is 0 Å². The standard InChI is InChI=1S/C14H16N2/c1-10(2)13-6-5-7-14(15-13)12-8-11(3)16(4)9-12/h6,8-10H,1-4H3. The van der Waals surface area contributed by atoms with Crippen LogP contribution in [0, 0.1) is 19.1 Å². The van der Waals surface area contributed by atoms with Crippen molar-refractivity contribution in [2.75, 3.05) is 0 Å². The minimum absolute atomic E-state index is 0.425. The van der Waals surface area contributed by atoms with Crippen molar-refractivity contribution in [2.24, 2.45) is 7.05 Å². The highest BCUT2D eigenvalue weighted by molar-refractivity contribution is 5.57. The van der Waals surface area contributed by atoms with Crippen LogP contribution in [0.4, 0.5) is 0 Å². The van der Waals surface area contributed by atoms with Crippen molar-refractivity contribution in [2.45, 2.75) is 26.7 Å². The summed E-state index contributed by atoms with van der Waals surface area (Å²) in [5, 5.41) is 0. The second-order valence-corrected chi connectivity index (χ2v) is 4.43.